The highest BCUT2D eigenvalue weighted by Crippen LogP contribution is 1.85. The molecule has 13 heavy (non-hydrogen) atoms. The Morgan fingerprint density at radius 2 is 2.08 bits per heavy atom. The van der Waals surface area contributed by atoms with E-state index in [1.807, 2.05) is 0 Å². The van der Waals surface area contributed by atoms with Gasteiger partial charge < -0.3 is 5.32 Å². The third-order valence-electron chi connectivity index (χ3n) is 1.52. The average molecular weight is 179 g/mol. The minimum absolute atomic E-state index is 0.0241. The van der Waals surface area contributed by atoms with Crippen molar-refractivity contribution in [2.75, 3.05) is 12.4 Å². The zero-order valence-electron chi connectivity index (χ0n) is 6.66. The third-order valence-corrected chi connectivity index (χ3v) is 1.52. The van der Waals surface area contributed by atoms with Crippen LogP contribution in [0.3, 0.4) is 0 Å². The number of fused-ring (bicyclic) bond motifs is 1. The maximum Gasteiger partial charge on any atom is 0.370 e. The van der Waals surface area contributed by atoms with Gasteiger partial charge in [-0.2, -0.15) is 15.0 Å². The van der Waals surface area contributed by atoms with Gasteiger partial charge in [0.2, 0.25) is 5.95 Å². The van der Waals surface area contributed by atoms with Crippen molar-refractivity contribution in [2.24, 2.45) is 9.98 Å². The van der Waals surface area contributed by atoms with Gasteiger partial charge in [-0.05, 0) is 0 Å². The van der Waals surface area contributed by atoms with Crippen LogP contribution in [0.25, 0.3) is 0 Å². The molecule has 0 aliphatic carbocycles. The van der Waals surface area contributed by atoms with Crippen LogP contribution in [0.15, 0.2) is 14.8 Å². The Bertz CT molecular complexity index is 543. The van der Waals surface area contributed by atoms with Gasteiger partial charge in [0.1, 0.15) is 0 Å². The summed E-state index contributed by atoms with van der Waals surface area (Å²) in [5.74, 6) is 0.261. The molecule has 0 bridgehead atoms. The summed E-state index contributed by atoms with van der Waals surface area (Å²) in [5.41, 5.74) is -0.401. The highest BCUT2D eigenvalue weighted by Gasteiger charge is 2.09. The topological polar surface area (TPSA) is 99.6 Å². The predicted octanol–water partition coefficient (Wildman–Crippen LogP) is -1.82. The molecule has 1 aromatic rings. The number of H-pyrrole nitrogens is 1. The van der Waals surface area contributed by atoms with Crippen molar-refractivity contribution in [3.63, 3.8) is 0 Å². The average Bonchev–Trinajstić information content (AvgIpc) is 2.46. The molecule has 1 aromatic heterocycles. The molecule has 1 aliphatic heterocycles. The summed E-state index contributed by atoms with van der Waals surface area (Å²) in [6.07, 6.45) is 0. The number of nitrogens with zero attached hydrogens (tertiary/aromatic N) is 3. The molecule has 66 valence electrons. The van der Waals surface area contributed by atoms with Gasteiger partial charge in [-0.1, -0.05) is 0 Å². The van der Waals surface area contributed by atoms with Crippen molar-refractivity contribution >= 4 is 12.0 Å². The van der Waals surface area contributed by atoms with E-state index in [4.69, 9.17) is 0 Å². The SMILES string of the molecule is CNc1nc2c(c(=O)[nH]1)=NC(=O)N=2. The number of carbonyl (C=O) groups is 1. The van der Waals surface area contributed by atoms with E-state index >= 15 is 0 Å². The molecule has 1 aliphatic rings. The number of hydrogen-bond acceptors (Lipinski definition) is 4. The van der Waals surface area contributed by atoms with Gasteiger partial charge in [0.15, 0.2) is 10.8 Å². The molecule has 0 aromatic carbocycles. The molecule has 7 nitrogen and oxygen atoms in total. The lowest BCUT2D eigenvalue weighted by atomic mass is 10.6. The second-order valence-electron chi connectivity index (χ2n) is 2.34. The van der Waals surface area contributed by atoms with Gasteiger partial charge in [-0.25, -0.2) is 4.79 Å². The molecule has 0 unspecified atom stereocenters. The number of amides is 2. The number of carbonyl (C=O) groups excluding carboxylic acids is 1. The van der Waals surface area contributed by atoms with Gasteiger partial charge in [0, 0.05) is 7.05 Å². The third kappa shape index (κ3) is 1.10. The number of aromatic amines is 1. The van der Waals surface area contributed by atoms with E-state index in [0.29, 0.717) is 0 Å². The first kappa shape index (κ1) is 7.59. The van der Waals surface area contributed by atoms with Crippen LogP contribution in [-0.2, 0) is 0 Å². The highest BCUT2D eigenvalue weighted by molar-refractivity contribution is 5.77. The van der Waals surface area contributed by atoms with E-state index in [-0.39, 0.29) is 16.8 Å². The minimum Gasteiger partial charge on any atom is -0.359 e. The lowest BCUT2D eigenvalue weighted by Crippen LogP contribution is -2.41. The first-order valence-corrected chi connectivity index (χ1v) is 3.50. The summed E-state index contributed by atoms with van der Waals surface area (Å²) in [6.45, 7) is 0. The number of aromatic nitrogens is 2. The predicted molar refractivity (Wildman–Crippen MR) is 42.1 cm³/mol. The standard InChI is InChI=1S/C6H5N5O2/c1-7-5-9-3-2(4(12)11-5)8-6(13)10-3/h1H3,(H2,7,9,10,11,12,13). The van der Waals surface area contributed by atoms with Crippen LogP contribution in [0.5, 0.6) is 0 Å². The Labute approximate surface area is 71.3 Å². The Balaban J connectivity index is 2.89. The normalized spacial score (nSPS) is 13.2. The van der Waals surface area contributed by atoms with Crippen molar-refractivity contribution < 1.29 is 4.79 Å². The van der Waals surface area contributed by atoms with E-state index in [0.717, 1.165) is 0 Å². The molecule has 0 radical (unpaired) electrons. The molecule has 0 saturated heterocycles. The van der Waals surface area contributed by atoms with Gasteiger partial charge in [-0.15, -0.1) is 0 Å². The summed E-state index contributed by atoms with van der Waals surface area (Å²) in [4.78, 5) is 35.0. The van der Waals surface area contributed by atoms with E-state index < -0.39 is 11.6 Å². The Hall–Kier alpha value is -2.05. The number of rotatable bonds is 1. The van der Waals surface area contributed by atoms with Crippen molar-refractivity contribution in [2.45, 2.75) is 0 Å². The fourth-order valence-electron chi connectivity index (χ4n) is 0.963. The van der Waals surface area contributed by atoms with Gasteiger partial charge >= 0.3 is 6.03 Å². The molecule has 2 amide bonds. The van der Waals surface area contributed by atoms with Crippen molar-refractivity contribution in [1.29, 1.82) is 0 Å². The molecular weight excluding hydrogens is 174 g/mol. The molecule has 2 rings (SSSR count). The van der Waals surface area contributed by atoms with Gasteiger partial charge in [-0.3, -0.25) is 9.78 Å². The summed E-state index contributed by atoms with van der Waals surface area (Å²) < 4.78 is 0. The quantitative estimate of drug-likeness (QED) is 0.530. The molecule has 0 atom stereocenters. The fraction of sp³-hybridized carbons (Fsp3) is 0.167. The van der Waals surface area contributed by atoms with Crippen molar-refractivity contribution in [3.05, 3.63) is 21.2 Å². The van der Waals surface area contributed by atoms with Crippen molar-refractivity contribution in [3.8, 4) is 0 Å². The summed E-state index contributed by atoms with van der Waals surface area (Å²) in [7, 11) is 1.60. The maximum atomic E-state index is 11.2. The first-order valence-electron chi connectivity index (χ1n) is 3.50. The summed E-state index contributed by atoms with van der Waals surface area (Å²) in [6, 6.07) is -0.693. The molecular formula is C6H5N5O2. The van der Waals surface area contributed by atoms with Crippen LogP contribution >= 0.6 is 0 Å². The molecule has 0 saturated carbocycles. The second kappa shape index (κ2) is 2.47. The summed E-state index contributed by atoms with van der Waals surface area (Å²) >= 11 is 0. The van der Waals surface area contributed by atoms with Crippen LogP contribution < -0.4 is 21.7 Å². The van der Waals surface area contributed by atoms with Crippen LogP contribution in [0.1, 0.15) is 0 Å². The van der Waals surface area contributed by atoms with Crippen molar-refractivity contribution in [1.82, 2.24) is 9.97 Å². The van der Waals surface area contributed by atoms with E-state index in [9.17, 15) is 9.59 Å². The molecule has 0 fully saturated rings. The number of anilines is 1. The van der Waals surface area contributed by atoms with E-state index in [1.165, 1.54) is 0 Å². The van der Waals surface area contributed by atoms with Gasteiger partial charge in [0.05, 0.1) is 0 Å². The van der Waals surface area contributed by atoms with Crippen LogP contribution in [0, 0.1) is 0 Å². The maximum absolute atomic E-state index is 11.2. The smallest absolute Gasteiger partial charge is 0.359 e. The monoisotopic (exact) mass is 179 g/mol. The molecule has 2 N–H and O–H groups in total. The second-order valence-corrected chi connectivity index (χ2v) is 2.34. The molecule has 7 heteroatoms. The van der Waals surface area contributed by atoms with Crippen LogP contribution in [-0.4, -0.2) is 23.0 Å². The molecule has 0 spiro atoms. The fourth-order valence-corrected chi connectivity index (χ4v) is 0.963. The van der Waals surface area contributed by atoms with Crippen LogP contribution in [0.2, 0.25) is 0 Å². The minimum atomic E-state index is -0.693. The lowest BCUT2D eigenvalue weighted by Gasteiger charge is -1.93. The lowest BCUT2D eigenvalue weighted by molar-refractivity contribution is 0.256. The Morgan fingerprint density at radius 3 is 2.77 bits per heavy atom. The largest absolute Gasteiger partial charge is 0.370 e. The van der Waals surface area contributed by atoms with E-state index in [2.05, 4.69) is 25.3 Å². The number of urea groups is 1. The Morgan fingerprint density at radius 1 is 1.31 bits per heavy atom. The first-order chi connectivity index (χ1) is 6.20. The zero-order valence-corrected chi connectivity index (χ0v) is 6.66. The number of hydrogen-bond donors (Lipinski definition) is 2. The highest BCUT2D eigenvalue weighted by atomic mass is 16.2. The molecule has 2 heterocycles. The summed E-state index contributed by atoms with van der Waals surface area (Å²) in [5, 5.41) is 2.61. The number of nitrogens with one attached hydrogen (secondary N) is 2. The van der Waals surface area contributed by atoms with Gasteiger partial charge in [0.25, 0.3) is 5.56 Å². The van der Waals surface area contributed by atoms with E-state index in [1.54, 1.807) is 7.05 Å². The van der Waals surface area contributed by atoms with Crippen LogP contribution in [0.4, 0.5) is 10.7 Å². The Kier molecular flexibility index (Phi) is 1.44. The zero-order chi connectivity index (χ0) is 9.42.